The van der Waals surface area contributed by atoms with Gasteiger partial charge < -0.3 is 15.7 Å². The summed E-state index contributed by atoms with van der Waals surface area (Å²) in [4.78, 5) is 7.00. The molecule has 4 heteroatoms. The molecule has 1 aliphatic carbocycles. The van der Waals surface area contributed by atoms with Gasteiger partial charge in [-0.1, -0.05) is 12.8 Å². The third-order valence-electron chi connectivity index (χ3n) is 4.61. The van der Waals surface area contributed by atoms with Crippen molar-refractivity contribution in [3.63, 3.8) is 0 Å². The maximum Gasteiger partial charge on any atom is 0.192 e. The van der Waals surface area contributed by atoms with Crippen LogP contribution in [-0.4, -0.2) is 40.2 Å². The normalized spacial score (nSPS) is 39.0. The molecule has 1 saturated carbocycles. The van der Waals surface area contributed by atoms with Crippen molar-refractivity contribution in [3.8, 4) is 0 Å². The summed E-state index contributed by atoms with van der Waals surface area (Å²) >= 11 is 0. The summed E-state index contributed by atoms with van der Waals surface area (Å²) < 4.78 is 0. The van der Waals surface area contributed by atoms with E-state index in [1.54, 1.807) is 0 Å². The highest BCUT2D eigenvalue weighted by Crippen LogP contribution is 2.35. The summed E-state index contributed by atoms with van der Waals surface area (Å²) in [6, 6.07) is 1.34. The zero-order valence-corrected chi connectivity index (χ0v) is 10.4. The quantitative estimate of drug-likeness (QED) is 0.532. The number of aliphatic hydroxyl groups is 1. The lowest BCUT2D eigenvalue weighted by Gasteiger charge is -2.38. The Morgan fingerprint density at radius 1 is 1.06 bits per heavy atom. The van der Waals surface area contributed by atoms with E-state index in [9.17, 15) is 5.11 Å². The van der Waals surface area contributed by atoms with Gasteiger partial charge in [0.15, 0.2) is 5.96 Å². The van der Waals surface area contributed by atoms with Crippen LogP contribution in [0.4, 0.5) is 0 Å². The number of hydrogen-bond donors (Lipinski definition) is 2. The minimum absolute atomic E-state index is 0.122. The van der Waals surface area contributed by atoms with Gasteiger partial charge in [0.1, 0.15) is 0 Å². The Balaban J connectivity index is 1.71. The van der Waals surface area contributed by atoms with Crippen molar-refractivity contribution in [2.24, 2.45) is 10.7 Å². The Labute approximate surface area is 103 Å². The van der Waals surface area contributed by atoms with E-state index in [0.29, 0.717) is 18.1 Å². The number of guanidine groups is 1. The van der Waals surface area contributed by atoms with E-state index < -0.39 is 0 Å². The molecule has 0 spiro atoms. The number of piperidine rings is 1. The summed E-state index contributed by atoms with van der Waals surface area (Å²) in [7, 11) is 0. The highest BCUT2D eigenvalue weighted by Gasteiger charge is 2.41. The third kappa shape index (κ3) is 2.15. The predicted octanol–water partition coefficient (Wildman–Crippen LogP) is 1.23. The number of rotatable bonds is 1. The van der Waals surface area contributed by atoms with Crippen LogP contribution in [0.3, 0.4) is 0 Å². The number of aliphatic imine (C=N–C) groups is 1. The van der Waals surface area contributed by atoms with Gasteiger partial charge >= 0.3 is 0 Å². The van der Waals surface area contributed by atoms with Gasteiger partial charge in [-0.05, 0) is 38.5 Å². The molecule has 96 valence electrons. The molecule has 3 N–H and O–H groups in total. The topological polar surface area (TPSA) is 61.8 Å². The van der Waals surface area contributed by atoms with Crippen molar-refractivity contribution in [3.05, 3.63) is 0 Å². The highest BCUT2D eigenvalue weighted by molar-refractivity contribution is 5.79. The number of aliphatic hydroxyl groups excluding tert-OH is 1. The fraction of sp³-hybridized carbons (Fsp3) is 0.923. The minimum atomic E-state index is -0.122. The van der Waals surface area contributed by atoms with E-state index in [2.05, 4.69) is 4.90 Å². The summed E-state index contributed by atoms with van der Waals surface area (Å²) in [5.41, 5.74) is 6.19. The predicted molar refractivity (Wildman–Crippen MR) is 67.8 cm³/mol. The van der Waals surface area contributed by atoms with E-state index >= 15 is 0 Å². The zero-order chi connectivity index (χ0) is 11.8. The first-order chi connectivity index (χ1) is 8.24. The van der Waals surface area contributed by atoms with Crippen LogP contribution in [0.5, 0.6) is 0 Å². The summed E-state index contributed by atoms with van der Waals surface area (Å²) in [5, 5.41) is 9.77. The molecule has 3 rings (SSSR count). The van der Waals surface area contributed by atoms with Gasteiger partial charge in [0.2, 0.25) is 0 Å². The van der Waals surface area contributed by atoms with Crippen LogP contribution in [0.1, 0.15) is 51.4 Å². The van der Waals surface area contributed by atoms with Crippen LogP contribution in [-0.2, 0) is 0 Å². The Morgan fingerprint density at radius 2 is 1.65 bits per heavy atom. The Morgan fingerprint density at radius 3 is 2.24 bits per heavy atom. The van der Waals surface area contributed by atoms with Crippen molar-refractivity contribution in [1.29, 1.82) is 0 Å². The average Bonchev–Trinajstić information content (AvgIpc) is 2.86. The molecule has 2 unspecified atom stereocenters. The second kappa shape index (κ2) is 4.48. The standard InChI is InChI=1S/C13H23N3O/c14-13(15-9-3-1-2-4-9)16-10-5-6-11(16)8-12(17)7-10/h9-12,17H,1-8H2,(H2,14,15). The minimum Gasteiger partial charge on any atom is -0.393 e. The molecule has 2 bridgehead atoms. The van der Waals surface area contributed by atoms with Crippen molar-refractivity contribution in [1.82, 2.24) is 4.90 Å². The van der Waals surface area contributed by atoms with Gasteiger partial charge in [0.05, 0.1) is 12.1 Å². The summed E-state index contributed by atoms with van der Waals surface area (Å²) in [6.45, 7) is 0. The fourth-order valence-corrected chi connectivity index (χ4v) is 3.81. The SMILES string of the molecule is NC(=NC1CCCC1)N1C2CCC1CC(O)C2. The number of fused-ring (bicyclic) bond motifs is 2. The van der Waals surface area contributed by atoms with Crippen molar-refractivity contribution in [2.45, 2.75) is 75.6 Å². The van der Waals surface area contributed by atoms with E-state index in [1.165, 1.54) is 38.5 Å². The number of nitrogens with zero attached hydrogens (tertiary/aromatic N) is 2. The van der Waals surface area contributed by atoms with Gasteiger partial charge in [-0.2, -0.15) is 0 Å². The molecule has 2 aliphatic heterocycles. The van der Waals surface area contributed by atoms with Crippen LogP contribution in [0.15, 0.2) is 4.99 Å². The molecule has 2 saturated heterocycles. The van der Waals surface area contributed by atoms with Gasteiger partial charge in [-0.25, -0.2) is 4.99 Å². The average molecular weight is 237 g/mol. The Kier molecular flexibility index (Phi) is 2.99. The van der Waals surface area contributed by atoms with Crippen LogP contribution < -0.4 is 5.73 Å². The molecule has 17 heavy (non-hydrogen) atoms. The van der Waals surface area contributed by atoms with Gasteiger partial charge in [0, 0.05) is 12.1 Å². The van der Waals surface area contributed by atoms with Crippen molar-refractivity contribution in [2.75, 3.05) is 0 Å². The highest BCUT2D eigenvalue weighted by atomic mass is 16.3. The molecular weight excluding hydrogens is 214 g/mol. The van der Waals surface area contributed by atoms with Crippen LogP contribution >= 0.6 is 0 Å². The Bertz CT molecular complexity index is 298. The molecule has 3 aliphatic rings. The molecule has 3 fully saturated rings. The molecule has 2 atom stereocenters. The van der Waals surface area contributed by atoms with E-state index in [1.807, 2.05) is 0 Å². The maximum absolute atomic E-state index is 9.77. The molecule has 2 heterocycles. The van der Waals surface area contributed by atoms with Crippen molar-refractivity contribution >= 4 is 5.96 Å². The first kappa shape index (κ1) is 11.3. The lowest BCUT2D eigenvalue weighted by atomic mass is 10.0. The third-order valence-corrected chi connectivity index (χ3v) is 4.61. The van der Waals surface area contributed by atoms with Gasteiger partial charge in [-0.15, -0.1) is 0 Å². The number of hydrogen-bond acceptors (Lipinski definition) is 2. The molecule has 0 radical (unpaired) electrons. The van der Waals surface area contributed by atoms with Crippen molar-refractivity contribution < 1.29 is 5.11 Å². The smallest absolute Gasteiger partial charge is 0.192 e. The number of nitrogens with two attached hydrogens (primary N) is 1. The van der Waals surface area contributed by atoms with E-state index in [4.69, 9.17) is 10.7 Å². The second-order valence-electron chi connectivity index (χ2n) is 5.84. The lowest BCUT2D eigenvalue weighted by molar-refractivity contribution is 0.0703. The summed E-state index contributed by atoms with van der Waals surface area (Å²) in [5.74, 6) is 0.747. The summed E-state index contributed by atoms with van der Waals surface area (Å²) in [6.07, 6.45) is 8.96. The van der Waals surface area contributed by atoms with E-state index in [0.717, 1.165) is 18.8 Å². The lowest BCUT2D eigenvalue weighted by Crippen LogP contribution is -2.51. The van der Waals surface area contributed by atoms with Gasteiger partial charge in [-0.3, -0.25) is 0 Å². The Hall–Kier alpha value is -0.770. The molecule has 0 aromatic carbocycles. The molecular formula is C13H23N3O. The molecule has 0 aromatic rings. The monoisotopic (exact) mass is 237 g/mol. The van der Waals surface area contributed by atoms with Gasteiger partial charge in [0.25, 0.3) is 0 Å². The molecule has 0 amide bonds. The maximum atomic E-state index is 9.77. The van der Waals surface area contributed by atoms with E-state index in [-0.39, 0.29) is 6.10 Å². The first-order valence-electron chi connectivity index (χ1n) is 7.03. The van der Waals surface area contributed by atoms with Crippen LogP contribution in [0.2, 0.25) is 0 Å². The zero-order valence-electron chi connectivity index (χ0n) is 10.4. The first-order valence-corrected chi connectivity index (χ1v) is 7.03. The molecule has 4 nitrogen and oxygen atoms in total. The fourth-order valence-electron chi connectivity index (χ4n) is 3.81. The van der Waals surface area contributed by atoms with Crippen LogP contribution in [0.25, 0.3) is 0 Å². The molecule has 0 aromatic heterocycles. The largest absolute Gasteiger partial charge is 0.393 e. The van der Waals surface area contributed by atoms with Crippen LogP contribution in [0, 0.1) is 0 Å². The second-order valence-corrected chi connectivity index (χ2v) is 5.84.